The molecule has 2 N–H and O–H groups in total. The van der Waals surface area contributed by atoms with E-state index in [-0.39, 0.29) is 29.9 Å². The highest BCUT2D eigenvalue weighted by Crippen LogP contribution is 2.28. The standard InChI is InChI=1S/C21H34N4O3.HI/c1-4-14-28-18-10-9-17(15-19(18)27-3)16-24-21(22-5-2)23-11-7-13-25-12-6-8-20(25)26;/h9-10,15H,4-8,11-14,16H2,1-3H3,(H2,22,23,24);1H. The molecule has 7 nitrogen and oxygen atoms in total. The van der Waals surface area contributed by atoms with Crippen LogP contribution in [0.15, 0.2) is 23.2 Å². The van der Waals surface area contributed by atoms with Crippen molar-refractivity contribution in [3.05, 3.63) is 23.8 Å². The van der Waals surface area contributed by atoms with Crippen LogP contribution in [0.5, 0.6) is 11.5 Å². The average molecular weight is 518 g/mol. The van der Waals surface area contributed by atoms with E-state index in [2.05, 4.69) is 22.5 Å². The number of ether oxygens (including phenoxy) is 2. The number of hydrogen-bond acceptors (Lipinski definition) is 4. The second-order valence-corrected chi connectivity index (χ2v) is 6.79. The lowest BCUT2D eigenvalue weighted by Crippen LogP contribution is -2.39. The van der Waals surface area contributed by atoms with Crippen LogP contribution >= 0.6 is 24.0 Å². The smallest absolute Gasteiger partial charge is 0.222 e. The molecule has 1 fully saturated rings. The highest BCUT2D eigenvalue weighted by Gasteiger charge is 2.18. The summed E-state index contributed by atoms with van der Waals surface area (Å²) in [5.41, 5.74) is 1.06. The van der Waals surface area contributed by atoms with Crippen LogP contribution < -0.4 is 20.1 Å². The molecule has 29 heavy (non-hydrogen) atoms. The number of methoxy groups -OCH3 is 1. The first-order valence-corrected chi connectivity index (χ1v) is 10.3. The van der Waals surface area contributed by atoms with Crippen LogP contribution in [0.4, 0.5) is 0 Å². The first-order chi connectivity index (χ1) is 13.7. The molecule has 164 valence electrons. The summed E-state index contributed by atoms with van der Waals surface area (Å²) in [5, 5.41) is 6.60. The summed E-state index contributed by atoms with van der Waals surface area (Å²) in [6.07, 6.45) is 3.55. The van der Waals surface area contributed by atoms with E-state index in [4.69, 9.17) is 9.47 Å². The monoisotopic (exact) mass is 518 g/mol. The van der Waals surface area contributed by atoms with Gasteiger partial charge in [-0.1, -0.05) is 13.0 Å². The summed E-state index contributed by atoms with van der Waals surface area (Å²) >= 11 is 0. The zero-order valence-electron chi connectivity index (χ0n) is 17.8. The number of amides is 1. The first kappa shape index (κ1) is 25.3. The van der Waals surface area contributed by atoms with Crippen molar-refractivity contribution < 1.29 is 14.3 Å². The minimum absolute atomic E-state index is 0. The van der Waals surface area contributed by atoms with Gasteiger partial charge < -0.3 is 25.0 Å². The molecule has 8 heteroatoms. The molecule has 1 aliphatic heterocycles. The van der Waals surface area contributed by atoms with Crippen LogP contribution in [0.3, 0.4) is 0 Å². The van der Waals surface area contributed by atoms with E-state index >= 15 is 0 Å². The Morgan fingerprint density at radius 1 is 1.24 bits per heavy atom. The summed E-state index contributed by atoms with van der Waals surface area (Å²) in [5.74, 6) is 2.55. The molecule has 0 aliphatic carbocycles. The number of halogens is 1. The van der Waals surface area contributed by atoms with Gasteiger partial charge in [0.05, 0.1) is 20.3 Å². The predicted molar refractivity (Wildman–Crippen MR) is 127 cm³/mol. The van der Waals surface area contributed by atoms with E-state index in [9.17, 15) is 4.79 Å². The van der Waals surface area contributed by atoms with Gasteiger partial charge in [0.15, 0.2) is 17.5 Å². The number of nitrogens with zero attached hydrogens (tertiary/aromatic N) is 2. The van der Waals surface area contributed by atoms with Gasteiger partial charge in [-0.2, -0.15) is 0 Å². The molecule has 2 rings (SSSR count). The van der Waals surface area contributed by atoms with Crippen LogP contribution in [-0.2, 0) is 11.3 Å². The largest absolute Gasteiger partial charge is 0.493 e. The van der Waals surface area contributed by atoms with Crippen LogP contribution in [0.25, 0.3) is 0 Å². The number of hydrogen-bond donors (Lipinski definition) is 2. The Hall–Kier alpha value is -1.71. The first-order valence-electron chi connectivity index (χ1n) is 10.3. The van der Waals surface area contributed by atoms with Gasteiger partial charge in [-0.15, -0.1) is 24.0 Å². The van der Waals surface area contributed by atoms with Crippen molar-refractivity contribution in [1.82, 2.24) is 15.5 Å². The van der Waals surface area contributed by atoms with Gasteiger partial charge >= 0.3 is 0 Å². The van der Waals surface area contributed by atoms with Crippen molar-refractivity contribution in [2.75, 3.05) is 39.9 Å². The Balaban J connectivity index is 0.00000420. The molecule has 0 atom stereocenters. The lowest BCUT2D eigenvalue weighted by Gasteiger charge is -2.16. The number of rotatable bonds is 11. The zero-order chi connectivity index (χ0) is 20.2. The van der Waals surface area contributed by atoms with Crippen molar-refractivity contribution >= 4 is 35.8 Å². The molecule has 0 spiro atoms. The zero-order valence-corrected chi connectivity index (χ0v) is 20.2. The molecule has 1 saturated heterocycles. The second-order valence-electron chi connectivity index (χ2n) is 6.79. The van der Waals surface area contributed by atoms with Crippen LogP contribution in [0.2, 0.25) is 0 Å². The second kappa shape index (κ2) is 14.3. The van der Waals surface area contributed by atoms with E-state index in [0.29, 0.717) is 19.6 Å². The van der Waals surface area contributed by atoms with Crippen molar-refractivity contribution in [1.29, 1.82) is 0 Å². The van der Waals surface area contributed by atoms with Gasteiger partial charge in [-0.3, -0.25) is 4.79 Å². The number of carbonyl (C=O) groups is 1. The van der Waals surface area contributed by atoms with Gasteiger partial charge in [0.2, 0.25) is 5.91 Å². The number of benzene rings is 1. The SMILES string of the molecule is CCCOc1ccc(CN=C(NCC)NCCCN2CCCC2=O)cc1OC.I. The fourth-order valence-corrected chi connectivity index (χ4v) is 3.07. The van der Waals surface area contributed by atoms with Crippen molar-refractivity contribution in [2.24, 2.45) is 4.99 Å². The molecule has 0 saturated carbocycles. The number of nitrogens with one attached hydrogen (secondary N) is 2. The quantitative estimate of drug-likeness (QED) is 0.204. The maximum absolute atomic E-state index is 11.6. The molecular weight excluding hydrogens is 483 g/mol. The minimum Gasteiger partial charge on any atom is -0.493 e. The summed E-state index contributed by atoms with van der Waals surface area (Å²) in [6, 6.07) is 5.92. The van der Waals surface area contributed by atoms with E-state index in [1.165, 1.54) is 0 Å². The summed E-state index contributed by atoms with van der Waals surface area (Å²) in [7, 11) is 1.65. The van der Waals surface area contributed by atoms with E-state index < -0.39 is 0 Å². The number of guanidine groups is 1. The van der Waals surface area contributed by atoms with Crippen LogP contribution in [0.1, 0.15) is 45.1 Å². The van der Waals surface area contributed by atoms with Crippen molar-refractivity contribution in [3.63, 3.8) is 0 Å². The number of aliphatic imine (C=N–C) groups is 1. The Kier molecular flexibility index (Phi) is 12.5. The molecular formula is C21H35IN4O3. The number of likely N-dealkylation sites (tertiary alicyclic amines) is 1. The van der Waals surface area contributed by atoms with E-state index in [0.717, 1.165) is 68.5 Å². The van der Waals surface area contributed by atoms with Crippen LogP contribution in [-0.4, -0.2) is 56.7 Å². The Bertz CT molecular complexity index is 655. The van der Waals surface area contributed by atoms with Gasteiger partial charge in [-0.05, 0) is 43.9 Å². The molecule has 1 heterocycles. The lowest BCUT2D eigenvalue weighted by molar-refractivity contribution is -0.127. The van der Waals surface area contributed by atoms with Crippen molar-refractivity contribution in [2.45, 2.75) is 46.1 Å². The van der Waals surface area contributed by atoms with Gasteiger partial charge in [0.1, 0.15) is 0 Å². The van der Waals surface area contributed by atoms with E-state index in [1.54, 1.807) is 7.11 Å². The third-order valence-corrected chi connectivity index (χ3v) is 4.52. The maximum atomic E-state index is 11.6. The Morgan fingerprint density at radius 2 is 2.07 bits per heavy atom. The minimum atomic E-state index is 0. The summed E-state index contributed by atoms with van der Waals surface area (Å²) < 4.78 is 11.1. The molecule has 0 bridgehead atoms. The molecule has 1 aromatic rings. The molecule has 0 aromatic heterocycles. The molecule has 1 amide bonds. The molecule has 0 unspecified atom stereocenters. The summed E-state index contributed by atoms with van der Waals surface area (Å²) in [6.45, 7) is 8.62. The predicted octanol–water partition coefficient (Wildman–Crippen LogP) is 3.17. The third kappa shape index (κ3) is 8.67. The maximum Gasteiger partial charge on any atom is 0.222 e. The van der Waals surface area contributed by atoms with E-state index in [1.807, 2.05) is 30.0 Å². The molecule has 0 radical (unpaired) electrons. The fourth-order valence-electron chi connectivity index (χ4n) is 3.07. The van der Waals surface area contributed by atoms with Crippen LogP contribution in [0, 0.1) is 0 Å². The highest BCUT2D eigenvalue weighted by molar-refractivity contribution is 14.0. The average Bonchev–Trinajstić information content (AvgIpc) is 3.12. The lowest BCUT2D eigenvalue weighted by atomic mass is 10.2. The molecule has 1 aliphatic rings. The Morgan fingerprint density at radius 3 is 2.72 bits per heavy atom. The third-order valence-electron chi connectivity index (χ3n) is 4.52. The Labute approximate surface area is 191 Å². The highest BCUT2D eigenvalue weighted by atomic mass is 127. The topological polar surface area (TPSA) is 75.2 Å². The molecule has 1 aromatic carbocycles. The fraction of sp³-hybridized carbons (Fsp3) is 0.619. The van der Waals surface area contributed by atoms with Gasteiger partial charge in [0, 0.05) is 32.6 Å². The van der Waals surface area contributed by atoms with Gasteiger partial charge in [-0.25, -0.2) is 4.99 Å². The van der Waals surface area contributed by atoms with Gasteiger partial charge in [0.25, 0.3) is 0 Å². The normalized spacial score (nSPS) is 13.8. The number of carbonyl (C=O) groups excluding carboxylic acids is 1. The summed E-state index contributed by atoms with van der Waals surface area (Å²) in [4.78, 5) is 18.2. The van der Waals surface area contributed by atoms with Crippen molar-refractivity contribution in [3.8, 4) is 11.5 Å².